The summed E-state index contributed by atoms with van der Waals surface area (Å²) in [4.78, 5) is 14.7. The number of hydrogen-bond donors (Lipinski definition) is 0. The summed E-state index contributed by atoms with van der Waals surface area (Å²) >= 11 is 3.45. The Morgan fingerprint density at radius 3 is 2.95 bits per heavy atom. The van der Waals surface area contributed by atoms with Gasteiger partial charge in [-0.1, -0.05) is 15.9 Å². The Kier molecular flexibility index (Phi) is 3.78. The Labute approximate surface area is 122 Å². The molecular weight excluding hydrogens is 306 g/mol. The first kappa shape index (κ1) is 13.0. The number of nitrogens with zero attached hydrogens (tertiary/aromatic N) is 1. The Hall–Kier alpha value is -1.03. The van der Waals surface area contributed by atoms with Crippen molar-refractivity contribution >= 4 is 21.8 Å². The first-order valence-corrected chi connectivity index (χ1v) is 8.04. The van der Waals surface area contributed by atoms with Crippen LogP contribution in [0.5, 0.6) is 5.75 Å². The van der Waals surface area contributed by atoms with Gasteiger partial charge in [-0.2, -0.15) is 0 Å². The summed E-state index contributed by atoms with van der Waals surface area (Å²) in [7, 11) is 0. The van der Waals surface area contributed by atoms with Gasteiger partial charge in [-0.05, 0) is 43.0 Å². The van der Waals surface area contributed by atoms with Gasteiger partial charge < -0.3 is 9.64 Å². The number of rotatable bonds is 4. The summed E-state index contributed by atoms with van der Waals surface area (Å²) in [5.74, 6) is 1.10. The smallest absolute Gasteiger partial charge is 0.254 e. The molecule has 0 spiro atoms. The highest BCUT2D eigenvalue weighted by Gasteiger charge is 2.29. The van der Waals surface area contributed by atoms with Gasteiger partial charge in [0.1, 0.15) is 5.75 Å². The molecule has 0 atom stereocenters. The topological polar surface area (TPSA) is 29.5 Å². The largest absolute Gasteiger partial charge is 0.493 e. The molecule has 3 nitrogen and oxygen atoms in total. The normalized spacial score (nSPS) is 17.5. The lowest BCUT2D eigenvalue weighted by molar-refractivity contribution is 0.0599. The molecule has 1 saturated carbocycles. The lowest BCUT2D eigenvalue weighted by atomic mass is 9.91. The van der Waals surface area contributed by atoms with Gasteiger partial charge >= 0.3 is 0 Å². The van der Waals surface area contributed by atoms with E-state index in [-0.39, 0.29) is 5.91 Å². The number of carbonyl (C=O) groups is 1. The third kappa shape index (κ3) is 2.50. The zero-order valence-corrected chi connectivity index (χ0v) is 12.5. The van der Waals surface area contributed by atoms with Crippen molar-refractivity contribution < 1.29 is 9.53 Å². The van der Waals surface area contributed by atoms with E-state index in [2.05, 4.69) is 15.9 Å². The zero-order valence-electron chi connectivity index (χ0n) is 10.9. The molecule has 1 amide bonds. The Bertz CT molecular complexity index is 485. The predicted molar refractivity (Wildman–Crippen MR) is 78.1 cm³/mol. The lowest BCUT2D eigenvalue weighted by Gasteiger charge is -2.37. The molecule has 1 aliphatic heterocycles. The summed E-state index contributed by atoms with van der Waals surface area (Å²) < 4.78 is 5.49. The third-order valence-corrected chi connectivity index (χ3v) is 4.39. The van der Waals surface area contributed by atoms with Gasteiger partial charge in [0.05, 0.1) is 6.61 Å². The van der Waals surface area contributed by atoms with E-state index < -0.39 is 0 Å². The van der Waals surface area contributed by atoms with Crippen molar-refractivity contribution in [2.45, 2.75) is 31.7 Å². The van der Waals surface area contributed by atoms with Crippen LogP contribution in [0.15, 0.2) is 18.2 Å². The molecule has 102 valence electrons. The number of carbonyl (C=O) groups excluding carboxylic acids is 1. The molecule has 0 N–H and O–H groups in total. The highest BCUT2D eigenvalue weighted by molar-refractivity contribution is 9.09. The van der Waals surface area contributed by atoms with Crippen molar-refractivity contribution in [2.75, 3.05) is 18.5 Å². The minimum absolute atomic E-state index is 0.166. The fourth-order valence-electron chi connectivity index (χ4n) is 2.72. The molecule has 0 saturated heterocycles. The summed E-state index contributed by atoms with van der Waals surface area (Å²) in [5.41, 5.74) is 1.97. The van der Waals surface area contributed by atoms with Crippen LogP contribution in [-0.4, -0.2) is 35.3 Å². The molecule has 1 aromatic carbocycles. The fraction of sp³-hybridized carbons (Fsp3) is 0.533. The number of fused-ring (bicyclic) bond motifs is 1. The van der Waals surface area contributed by atoms with E-state index in [1.54, 1.807) is 0 Å². The molecule has 0 radical (unpaired) electrons. The maximum Gasteiger partial charge on any atom is 0.254 e. The van der Waals surface area contributed by atoms with Gasteiger partial charge in [0.15, 0.2) is 0 Å². The number of ether oxygens (including phenoxy) is 1. The van der Waals surface area contributed by atoms with E-state index in [1.165, 1.54) is 12.0 Å². The van der Waals surface area contributed by atoms with Crippen LogP contribution < -0.4 is 4.74 Å². The van der Waals surface area contributed by atoms with Crippen molar-refractivity contribution in [3.63, 3.8) is 0 Å². The molecule has 1 aliphatic carbocycles. The van der Waals surface area contributed by atoms with Crippen molar-refractivity contribution in [3.8, 4) is 5.75 Å². The number of alkyl halides is 1. The molecule has 3 rings (SSSR count). The highest BCUT2D eigenvalue weighted by Crippen LogP contribution is 2.29. The first-order chi connectivity index (χ1) is 9.29. The minimum atomic E-state index is 0.166. The molecule has 0 unspecified atom stereocenters. The molecule has 2 aliphatic rings. The Morgan fingerprint density at radius 1 is 1.42 bits per heavy atom. The summed E-state index contributed by atoms with van der Waals surface area (Å²) in [6.07, 6.45) is 4.45. The second kappa shape index (κ2) is 5.53. The maximum absolute atomic E-state index is 12.6. The summed E-state index contributed by atoms with van der Waals surface area (Å²) in [6.45, 7) is 1.53. The van der Waals surface area contributed by atoms with Gasteiger partial charge in [0.25, 0.3) is 5.91 Å². The molecule has 1 fully saturated rings. The van der Waals surface area contributed by atoms with Crippen molar-refractivity contribution in [2.24, 2.45) is 0 Å². The van der Waals surface area contributed by atoms with Gasteiger partial charge in [-0.25, -0.2) is 0 Å². The van der Waals surface area contributed by atoms with Crippen LogP contribution in [0.25, 0.3) is 0 Å². The number of benzene rings is 1. The molecule has 19 heavy (non-hydrogen) atoms. The van der Waals surface area contributed by atoms with Crippen molar-refractivity contribution in [3.05, 3.63) is 29.3 Å². The molecule has 1 aromatic rings. The lowest BCUT2D eigenvalue weighted by Crippen LogP contribution is -2.45. The van der Waals surface area contributed by atoms with E-state index in [4.69, 9.17) is 4.74 Å². The van der Waals surface area contributed by atoms with E-state index in [9.17, 15) is 4.79 Å². The molecular formula is C15H18BrNO2. The fourth-order valence-corrected chi connectivity index (χ4v) is 3.11. The maximum atomic E-state index is 12.6. The highest BCUT2D eigenvalue weighted by atomic mass is 79.9. The van der Waals surface area contributed by atoms with E-state index in [0.29, 0.717) is 6.04 Å². The summed E-state index contributed by atoms with van der Waals surface area (Å²) in [6, 6.07) is 6.27. The van der Waals surface area contributed by atoms with Crippen LogP contribution in [0.2, 0.25) is 0 Å². The van der Waals surface area contributed by atoms with Crippen LogP contribution in [0.1, 0.15) is 35.2 Å². The molecule has 0 aromatic heterocycles. The van der Waals surface area contributed by atoms with E-state index >= 15 is 0 Å². The van der Waals surface area contributed by atoms with Crippen LogP contribution in [0.4, 0.5) is 0 Å². The van der Waals surface area contributed by atoms with Crippen LogP contribution in [-0.2, 0) is 6.42 Å². The Morgan fingerprint density at radius 2 is 2.26 bits per heavy atom. The summed E-state index contributed by atoms with van der Waals surface area (Å²) in [5, 5.41) is 0.837. The van der Waals surface area contributed by atoms with Crippen molar-refractivity contribution in [1.29, 1.82) is 0 Å². The SMILES string of the molecule is O=C(c1ccc2c(c1)CCO2)N(CCBr)C1CCC1. The average molecular weight is 324 g/mol. The molecule has 0 bridgehead atoms. The quantitative estimate of drug-likeness (QED) is 0.797. The van der Waals surface area contributed by atoms with Gasteiger partial charge in [-0.15, -0.1) is 0 Å². The Balaban J connectivity index is 1.81. The third-order valence-electron chi connectivity index (χ3n) is 4.04. The van der Waals surface area contributed by atoms with Gasteiger partial charge in [-0.3, -0.25) is 4.79 Å². The monoisotopic (exact) mass is 323 g/mol. The van der Waals surface area contributed by atoms with E-state index in [1.807, 2.05) is 23.1 Å². The van der Waals surface area contributed by atoms with Gasteiger partial charge in [0.2, 0.25) is 0 Å². The standard InChI is InChI=1S/C15H18BrNO2/c16-7-8-17(13-2-1-3-13)15(18)12-4-5-14-11(10-12)6-9-19-14/h4-5,10,13H,1-3,6-9H2. The predicted octanol–water partition coefficient (Wildman–Crippen LogP) is 3.01. The van der Waals surface area contributed by atoms with Crippen LogP contribution in [0.3, 0.4) is 0 Å². The first-order valence-electron chi connectivity index (χ1n) is 6.92. The zero-order chi connectivity index (χ0) is 13.2. The molecule has 4 heteroatoms. The van der Waals surface area contributed by atoms with Crippen molar-refractivity contribution in [1.82, 2.24) is 4.90 Å². The second-order valence-electron chi connectivity index (χ2n) is 5.19. The number of hydrogen-bond acceptors (Lipinski definition) is 2. The van der Waals surface area contributed by atoms with Crippen LogP contribution >= 0.6 is 15.9 Å². The average Bonchev–Trinajstić information content (AvgIpc) is 2.82. The second-order valence-corrected chi connectivity index (χ2v) is 5.99. The van der Waals surface area contributed by atoms with Gasteiger partial charge in [0, 0.05) is 29.9 Å². The van der Waals surface area contributed by atoms with E-state index in [0.717, 1.165) is 49.1 Å². The number of halogens is 1. The minimum Gasteiger partial charge on any atom is -0.493 e. The number of amides is 1. The molecule has 1 heterocycles. The van der Waals surface area contributed by atoms with Crippen LogP contribution in [0, 0.1) is 0 Å².